The maximum Gasteiger partial charge on any atom is 0.514 e. The predicted octanol–water partition coefficient (Wildman–Crippen LogP) is 4.10. The number of hydrogen-bond donors (Lipinski definition) is 1. The lowest BCUT2D eigenvalue weighted by atomic mass is 9.92. The largest absolute Gasteiger partial charge is 0.514 e. The molecule has 1 aliphatic heterocycles. The van der Waals surface area contributed by atoms with Gasteiger partial charge in [0.1, 0.15) is 12.4 Å². The first-order valence-electron chi connectivity index (χ1n) is 10.5. The second kappa shape index (κ2) is 9.79. The van der Waals surface area contributed by atoms with Crippen LogP contribution in [-0.4, -0.2) is 31.3 Å². The van der Waals surface area contributed by atoms with Crippen molar-refractivity contribution in [2.24, 2.45) is 11.7 Å². The Balaban J connectivity index is 1.74. The van der Waals surface area contributed by atoms with Gasteiger partial charge < -0.3 is 20.1 Å². The Morgan fingerprint density at radius 2 is 1.94 bits per heavy atom. The summed E-state index contributed by atoms with van der Waals surface area (Å²) >= 11 is 0. The average molecular weight is 423 g/mol. The normalized spacial score (nSPS) is 16.3. The number of rotatable bonds is 6. The van der Waals surface area contributed by atoms with E-state index >= 15 is 0 Å². The second-order valence-electron chi connectivity index (χ2n) is 8.18. The molecule has 0 spiro atoms. The molecule has 2 aromatic carbocycles. The van der Waals surface area contributed by atoms with Crippen LogP contribution in [0.2, 0.25) is 0 Å². The summed E-state index contributed by atoms with van der Waals surface area (Å²) in [4.78, 5) is 26.8. The summed E-state index contributed by atoms with van der Waals surface area (Å²) in [6.45, 7) is 10.2. The minimum absolute atomic E-state index is 0.0777. The van der Waals surface area contributed by atoms with Crippen LogP contribution in [0.4, 0.5) is 10.5 Å². The maximum atomic E-state index is 13.3. The average Bonchev–Trinajstić information content (AvgIpc) is 2.73. The van der Waals surface area contributed by atoms with Gasteiger partial charge in [0.05, 0.1) is 6.04 Å². The highest BCUT2D eigenvalue weighted by Crippen LogP contribution is 2.30. The molecule has 0 fully saturated rings. The van der Waals surface area contributed by atoms with Gasteiger partial charge in [-0.15, -0.1) is 0 Å². The number of anilines is 1. The van der Waals surface area contributed by atoms with Crippen LogP contribution in [0.15, 0.2) is 49.1 Å². The third-order valence-electron chi connectivity index (χ3n) is 5.54. The van der Waals surface area contributed by atoms with Crippen molar-refractivity contribution >= 4 is 17.7 Å². The highest BCUT2D eigenvalue weighted by atomic mass is 16.7. The Morgan fingerprint density at radius 3 is 2.61 bits per heavy atom. The van der Waals surface area contributed by atoms with Gasteiger partial charge >= 0.3 is 6.16 Å². The minimum Gasteiger partial charge on any atom is -0.430 e. The van der Waals surface area contributed by atoms with Crippen molar-refractivity contribution in [1.29, 1.82) is 0 Å². The molecule has 2 aromatic rings. The van der Waals surface area contributed by atoms with Gasteiger partial charge in [-0.05, 0) is 73.1 Å². The number of aryl methyl sites for hydroxylation is 2. The molecule has 0 bridgehead atoms. The van der Waals surface area contributed by atoms with E-state index in [4.69, 9.17) is 15.2 Å². The molecule has 0 aromatic heterocycles. The van der Waals surface area contributed by atoms with Crippen LogP contribution < -0.4 is 15.4 Å². The van der Waals surface area contributed by atoms with E-state index < -0.39 is 12.2 Å². The van der Waals surface area contributed by atoms with Crippen molar-refractivity contribution in [3.8, 4) is 5.75 Å². The SMILES string of the molecule is C=CCOC(=O)Oc1cc(C)c(C[C@@H](N)C(=O)N2CC(C)Cc3ccccc32)c(C)c1. The number of carbonyl (C=O) groups excluding carboxylic acids is 2. The van der Waals surface area contributed by atoms with Gasteiger partial charge in [0.2, 0.25) is 5.91 Å². The minimum atomic E-state index is -0.781. The lowest BCUT2D eigenvalue weighted by Gasteiger charge is -2.34. The van der Waals surface area contributed by atoms with Crippen LogP contribution in [0.3, 0.4) is 0 Å². The van der Waals surface area contributed by atoms with Crippen LogP contribution in [0.5, 0.6) is 5.75 Å². The van der Waals surface area contributed by atoms with Crippen molar-refractivity contribution in [2.45, 2.75) is 39.7 Å². The molecule has 0 saturated heterocycles. The monoisotopic (exact) mass is 422 g/mol. The summed E-state index contributed by atoms with van der Waals surface area (Å²) in [5.74, 6) is 0.699. The first kappa shape index (κ1) is 22.6. The molecule has 1 unspecified atom stereocenters. The molecule has 6 heteroatoms. The fourth-order valence-corrected chi connectivity index (χ4v) is 4.10. The molecular formula is C25H30N2O4. The first-order valence-corrected chi connectivity index (χ1v) is 10.5. The molecule has 0 aliphatic carbocycles. The number of para-hydroxylation sites is 1. The number of hydrogen-bond acceptors (Lipinski definition) is 5. The van der Waals surface area contributed by atoms with Crippen molar-refractivity contribution < 1.29 is 19.1 Å². The van der Waals surface area contributed by atoms with E-state index in [1.165, 1.54) is 11.6 Å². The van der Waals surface area contributed by atoms with Crippen LogP contribution in [0.1, 0.15) is 29.2 Å². The van der Waals surface area contributed by atoms with Crippen LogP contribution in [0.25, 0.3) is 0 Å². The molecule has 164 valence electrons. The van der Waals surface area contributed by atoms with Crippen LogP contribution in [-0.2, 0) is 22.4 Å². The van der Waals surface area contributed by atoms with Gasteiger partial charge in [0, 0.05) is 12.2 Å². The Hall–Kier alpha value is -3.12. The van der Waals surface area contributed by atoms with Gasteiger partial charge in [-0.2, -0.15) is 0 Å². The molecule has 3 rings (SSSR count). The highest BCUT2D eigenvalue weighted by Gasteiger charge is 2.30. The van der Waals surface area contributed by atoms with Gasteiger partial charge in [0.25, 0.3) is 0 Å². The Kier molecular flexibility index (Phi) is 7.13. The molecule has 0 saturated carbocycles. The van der Waals surface area contributed by atoms with Crippen molar-refractivity contribution in [3.05, 3.63) is 71.3 Å². The molecule has 1 amide bonds. The Labute approximate surface area is 183 Å². The Morgan fingerprint density at radius 1 is 1.26 bits per heavy atom. The lowest BCUT2D eigenvalue weighted by molar-refractivity contribution is -0.120. The van der Waals surface area contributed by atoms with Crippen molar-refractivity contribution in [1.82, 2.24) is 0 Å². The molecule has 1 heterocycles. The first-order chi connectivity index (χ1) is 14.8. The number of fused-ring (bicyclic) bond motifs is 1. The third kappa shape index (κ3) is 5.33. The van der Waals surface area contributed by atoms with Crippen LogP contribution >= 0.6 is 0 Å². The fourth-order valence-electron chi connectivity index (χ4n) is 4.10. The molecule has 0 radical (unpaired) electrons. The molecular weight excluding hydrogens is 392 g/mol. The number of ether oxygens (including phenoxy) is 2. The second-order valence-corrected chi connectivity index (χ2v) is 8.18. The van der Waals surface area contributed by atoms with Gasteiger partial charge in [-0.1, -0.05) is 37.8 Å². The number of nitrogens with two attached hydrogens (primary N) is 1. The van der Waals surface area contributed by atoms with E-state index in [0.29, 0.717) is 24.6 Å². The number of carbonyl (C=O) groups is 2. The number of amides is 1. The third-order valence-corrected chi connectivity index (χ3v) is 5.54. The topological polar surface area (TPSA) is 81.9 Å². The summed E-state index contributed by atoms with van der Waals surface area (Å²) in [7, 11) is 0. The molecule has 6 nitrogen and oxygen atoms in total. The quantitative estimate of drug-likeness (QED) is 0.431. The van der Waals surface area contributed by atoms with E-state index in [2.05, 4.69) is 19.6 Å². The predicted molar refractivity (Wildman–Crippen MR) is 121 cm³/mol. The number of benzene rings is 2. The van der Waals surface area contributed by atoms with E-state index in [9.17, 15) is 9.59 Å². The fraction of sp³-hybridized carbons (Fsp3) is 0.360. The van der Waals surface area contributed by atoms with Crippen molar-refractivity contribution in [3.63, 3.8) is 0 Å². The zero-order valence-corrected chi connectivity index (χ0v) is 18.4. The zero-order valence-electron chi connectivity index (χ0n) is 18.4. The zero-order chi connectivity index (χ0) is 22.5. The van der Waals surface area contributed by atoms with Gasteiger partial charge in [0.15, 0.2) is 0 Å². The smallest absolute Gasteiger partial charge is 0.430 e. The molecule has 31 heavy (non-hydrogen) atoms. The van der Waals surface area contributed by atoms with E-state index in [1.807, 2.05) is 36.9 Å². The summed E-state index contributed by atoms with van der Waals surface area (Å²) in [6.07, 6.45) is 2.06. The summed E-state index contributed by atoms with van der Waals surface area (Å²) in [5, 5.41) is 0. The maximum absolute atomic E-state index is 13.3. The summed E-state index contributed by atoms with van der Waals surface area (Å²) in [5.41, 5.74) is 11.3. The number of nitrogens with zero attached hydrogens (tertiary/aromatic N) is 1. The standard InChI is InChI=1S/C25H30N2O4/c1-5-10-30-25(29)31-20-12-17(3)21(18(4)13-20)14-22(26)24(28)27-15-16(2)11-19-8-6-7-9-23(19)27/h5-9,12-13,16,22H,1,10-11,14-15,26H2,2-4H3/t16?,22-/m1/s1. The van der Waals surface area contributed by atoms with E-state index in [1.54, 1.807) is 12.1 Å². The Bertz CT molecular complexity index is 962. The van der Waals surface area contributed by atoms with E-state index in [-0.39, 0.29) is 12.5 Å². The summed E-state index contributed by atoms with van der Waals surface area (Å²) < 4.78 is 10.1. The molecule has 2 N–H and O–H groups in total. The highest BCUT2D eigenvalue weighted by molar-refractivity contribution is 5.98. The van der Waals surface area contributed by atoms with Crippen molar-refractivity contribution in [2.75, 3.05) is 18.1 Å². The van der Waals surface area contributed by atoms with E-state index in [0.717, 1.165) is 28.8 Å². The molecule has 1 aliphatic rings. The van der Waals surface area contributed by atoms with Gasteiger partial charge in [-0.3, -0.25) is 4.79 Å². The molecule has 2 atom stereocenters. The van der Waals surface area contributed by atoms with Gasteiger partial charge in [-0.25, -0.2) is 4.79 Å². The van der Waals surface area contributed by atoms with Crippen LogP contribution in [0, 0.1) is 19.8 Å². The lowest BCUT2D eigenvalue weighted by Crippen LogP contribution is -2.48. The summed E-state index contributed by atoms with van der Waals surface area (Å²) in [6, 6.07) is 10.9.